The van der Waals surface area contributed by atoms with E-state index < -0.39 is 5.82 Å². The molecule has 0 aliphatic rings. The monoisotopic (exact) mass is 449 g/mol. The minimum Gasteiger partial charge on any atom is -0.483 e. The zero-order valence-corrected chi connectivity index (χ0v) is 17.0. The van der Waals surface area contributed by atoms with Gasteiger partial charge < -0.3 is 9.30 Å². The topological polar surface area (TPSA) is 57.0 Å². The van der Waals surface area contributed by atoms with E-state index in [4.69, 9.17) is 4.74 Å². The largest absolute Gasteiger partial charge is 0.483 e. The molecule has 0 fully saturated rings. The number of nitrogens with zero attached hydrogens (tertiary/aromatic N) is 3. The van der Waals surface area contributed by atoms with Gasteiger partial charge in [-0.1, -0.05) is 52.0 Å². The van der Waals surface area contributed by atoms with Crippen LogP contribution in [0.1, 0.15) is 23.1 Å². The number of benzene rings is 2. The third kappa shape index (κ3) is 4.95. The molecule has 5 nitrogen and oxygen atoms in total. The lowest BCUT2D eigenvalue weighted by molar-refractivity contribution is 0.102. The number of halogens is 2. The molecule has 0 spiro atoms. The van der Waals surface area contributed by atoms with E-state index in [1.807, 2.05) is 23.6 Å². The molecule has 0 aliphatic heterocycles. The standard InChI is InChI=1S/C19H17BrFN3O2S/c1-2-24-18(11-26-17-6-4-3-5-15(17)21)22-23-19(24)27-12-16(25)13-7-9-14(20)10-8-13/h3-10H,2,11-12H2,1H3. The van der Waals surface area contributed by atoms with E-state index >= 15 is 0 Å². The number of Topliss-reactive ketones (excluding diaryl/α,β-unsaturated/α-hetero) is 1. The number of hydrogen-bond acceptors (Lipinski definition) is 5. The van der Waals surface area contributed by atoms with Crippen LogP contribution in [-0.4, -0.2) is 26.3 Å². The van der Waals surface area contributed by atoms with Crippen LogP contribution in [0.4, 0.5) is 4.39 Å². The Hall–Kier alpha value is -2.19. The Labute approximate surface area is 169 Å². The van der Waals surface area contributed by atoms with Crippen LogP contribution >= 0.6 is 27.7 Å². The lowest BCUT2D eigenvalue weighted by Gasteiger charge is -2.09. The van der Waals surface area contributed by atoms with Crippen molar-refractivity contribution in [1.29, 1.82) is 0 Å². The van der Waals surface area contributed by atoms with Crippen molar-refractivity contribution in [2.45, 2.75) is 25.2 Å². The second-order valence-electron chi connectivity index (χ2n) is 5.58. The highest BCUT2D eigenvalue weighted by Crippen LogP contribution is 2.21. The predicted octanol–water partition coefficient (Wildman–Crippen LogP) is 4.75. The van der Waals surface area contributed by atoms with E-state index in [0.29, 0.717) is 23.1 Å². The molecule has 8 heteroatoms. The normalized spacial score (nSPS) is 10.8. The maximum Gasteiger partial charge on any atom is 0.191 e. The van der Waals surface area contributed by atoms with Gasteiger partial charge >= 0.3 is 0 Å². The summed E-state index contributed by atoms with van der Waals surface area (Å²) in [7, 11) is 0. The Morgan fingerprint density at radius 2 is 1.93 bits per heavy atom. The summed E-state index contributed by atoms with van der Waals surface area (Å²) >= 11 is 4.68. The number of para-hydroxylation sites is 1. The Balaban J connectivity index is 1.64. The first-order valence-electron chi connectivity index (χ1n) is 8.29. The third-order valence-electron chi connectivity index (χ3n) is 3.80. The SMILES string of the molecule is CCn1c(COc2ccccc2F)nnc1SCC(=O)c1ccc(Br)cc1. The van der Waals surface area contributed by atoms with Crippen molar-refractivity contribution in [3.63, 3.8) is 0 Å². The van der Waals surface area contributed by atoms with Gasteiger partial charge in [0.1, 0.15) is 6.61 Å². The maximum absolute atomic E-state index is 13.7. The molecule has 3 aromatic rings. The molecule has 0 atom stereocenters. The van der Waals surface area contributed by atoms with Crippen molar-refractivity contribution in [2.24, 2.45) is 0 Å². The highest BCUT2D eigenvalue weighted by Gasteiger charge is 2.15. The van der Waals surface area contributed by atoms with Crippen LogP contribution in [0.2, 0.25) is 0 Å². The maximum atomic E-state index is 13.7. The number of carbonyl (C=O) groups is 1. The van der Waals surface area contributed by atoms with Gasteiger partial charge in [-0.15, -0.1) is 10.2 Å². The molecule has 2 aromatic carbocycles. The Morgan fingerprint density at radius 3 is 2.63 bits per heavy atom. The fraction of sp³-hybridized carbons (Fsp3) is 0.211. The van der Waals surface area contributed by atoms with Crippen LogP contribution in [0.5, 0.6) is 5.75 Å². The number of ether oxygens (including phenoxy) is 1. The van der Waals surface area contributed by atoms with Crippen molar-refractivity contribution < 1.29 is 13.9 Å². The lowest BCUT2D eigenvalue weighted by atomic mass is 10.2. The van der Waals surface area contributed by atoms with Gasteiger partial charge in [-0.25, -0.2) is 4.39 Å². The van der Waals surface area contributed by atoms with Gasteiger partial charge in [0.05, 0.1) is 5.75 Å². The van der Waals surface area contributed by atoms with Gasteiger partial charge in [0.2, 0.25) is 0 Å². The number of hydrogen-bond donors (Lipinski definition) is 0. The number of aromatic nitrogens is 3. The van der Waals surface area contributed by atoms with Crippen molar-refractivity contribution in [2.75, 3.05) is 5.75 Å². The summed E-state index contributed by atoms with van der Waals surface area (Å²) in [6.07, 6.45) is 0. The summed E-state index contributed by atoms with van der Waals surface area (Å²) in [5, 5.41) is 8.90. The zero-order chi connectivity index (χ0) is 19.2. The number of rotatable bonds is 8. The second-order valence-corrected chi connectivity index (χ2v) is 7.44. The summed E-state index contributed by atoms with van der Waals surface area (Å²) in [6, 6.07) is 13.5. The van der Waals surface area contributed by atoms with E-state index in [0.717, 1.165) is 4.47 Å². The van der Waals surface area contributed by atoms with Crippen LogP contribution in [0.25, 0.3) is 0 Å². The number of carbonyl (C=O) groups excluding carboxylic acids is 1. The molecule has 1 heterocycles. The molecular weight excluding hydrogens is 433 g/mol. The summed E-state index contributed by atoms with van der Waals surface area (Å²) in [5.41, 5.74) is 0.649. The molecule has 0 unspecified atom stereocenters. The van der Waals surface area contributed by atoms with Crippen molar-refractivity contribution in [3.8, 4) is 5.75 Å². The van der Waals surface area contributed by atoms with Gasteiger partial charge in [0.25, 0.3) is 0 Å². The quantitative estimate of drug-likeness (QED) is 0.366. The van der Waals surface area contributed by atoms with E-state index in [2.05, 4.69) is 26.1 Å². The van der Waals surface area contributed by atoms with E-state index in [-0.39, 0.29) is 23.9 Å². The average molecular weight is 450 g/mol. The minimum absolute atomic E-state index is 0.0160. The first kappa shape index (κ1) is 19.6. The summed E-state index contributed by atoms with van der Waals surface area (Å²) in [5.74, 6) is 0.604. The summed E-state index contributed by atoms with van der Waals surface area (Å²) < 4.78 is 22.0. The molecule has 0 bridgehead atoms. The zero-order valence-electron chi connectivity index (χ0n) is 14.6. The van der Waals surface area contributed by atoms with Crippen LogP contribution in [-0.2, 0) is 13.2 Å². The molecule has 27 heavy (non-hydrogen) atoms. The van der Waals surface area contributed by atoms with Crippen molar-refractivity contribution >= 4 is 33.5 Å². The van der Waals surface area contributed by atoms with Crippen LogP contribution in [0.3, 0.4) is 0 Å². The third-order valence-corrected chi connectivity index (χ3v) is 5.30. The van der Waals surface area contributed by atoms with Gasteiger partial charge in [0.15, 0.2) is 28.3 Å². The molecule has 0 saturated heterocycles. The predicted molar refractivity (Wildman–Crippen MR) is 106 cm³/mol. The smallest absolute Gasteiger partial charge is 0.191 e. The highest BCUT2D eigenvalue weighted by molar-refractivity contribution is 9.10. The molecular formula is C19H17BrFN3O2S. The van der Waals surface area contributed by atoms with E-state index in [1.165, 1.54) is 17.8 Å². The second kappa shape index (κ2) is 9.14. The molecule has 1 aromatic heterocycles. The van der Waals surface area contributed by atoms with Crippen molar-refractivity contribution in [3.05, 3.63) is 70.2 Å². The lowest BCUT2D eigenvalue weighted by Crippen LogP contribution is -2.08. The Morgan fingerprint density at radius 1 is 1.19 bits per heavy atom. The van der Waals surface area contributed by atoms with Gasteiger partial charge in [-0.2, -0.15) is 0 Å². The fourth-order valence-electron chi connectivity index (χ4n) is 2.40. The molecule has 0 saturated carbocycles. The van der Waals surface area contributed by atoms with Gasteiger partial charge in [0, 0.05) is 16.6 Å². The summed E-state index contributed by atoms with van der Waals surface area (Å²) in [4.78, 5) is 12.3. The first-order chi connectivity index (χ1) is 13.1. The number of ketones is 1. The molecule has 0 radical (unpaired) electrons. The van der Waals surface area contributed by atoms with Crippen LogP contribution < -0.4 is 4.74 Å². The number of thioether (sulfide) groups is 1. The molecule has 0 amide bonds. The Kier molecular flexibility index (Phi) is 6.63. The Bertz CT molecular complexity index is 931. The van der Waals surface area contributed by atoms with Gasteiger partial charge in [-0.05, 0) is 31.2 Å². The molecule has 0 aliphatic carbocycles. The highest BCUT2D eigenvalue weighted by atomic mass is 79.9. The average Bonchev–Trinajstić information content (AvgIpc) is 3.08. The fourth-order valence-corrected chi connectivity index (χ4v) is 3.58. The van der Waals surface area contributed by atoms with E-state index in [9.17, 15) is 9.18 Å². The van der Waals surface area contributed by atoms with E-state index in [1.54, 1.807) is 30.3 Å². The van der Waals surface area contributed by atoms with Crippen LogP contribution in [0.15, 0.2) is 58.2 Å². The molecule has 0 N–H and O–H groups in total. The first-order valence-corrected chi connectivity index (χ1v) is 10.1. The van der Waals surface area contributed by atoms with Crippen LogP contribution in [0, 0.1) is 5.82 Å². The van der Waals surface area contributed by atoms with Crippen molar-refractivity contribution in [1.82, 2.24) is 14.8 Å². The minimum atomic E-state index is -0.422. The molecule has 3 rings (SSSR count). The summed E-state index contributed by atoms with van der Waals surface area (Å²) in [6.45, 7) is 2.68. The van der Waals surface area contributed by atoms with Gasteiger partial charge in [-0.3, -0.25) is 4.79 Å². The molecule has 140 valence electrons.